The predicted octanol–water partition coefficient (Wildman–Crippen LogP) is 1.50. The Morgan fingerprint density at radius 2 is 2.00 bits per heavy atom. The number of aromatic nitrogens is 2. The molecule has 0 unspecified atom stereocenters. The van der Waals surface area contributed by atoms with Gasteiger partial charge in [0.15, 0.2) is 0 Å². The van der Waals surface area contributed by atoms with Crippen LogP contribution in [-0.4, -0.2) is 89.3 Å². The van der Waals surface area contributed by atoms with Crippen LogP contribution < -0.4 is 0 Å². The molecule has 150 valence electrons. The fourth-order valence-electron chi connectivity index (χ4n) is 3.41. The molecule has 0 N–H and O–H groups in total. The third-order valence-corrected chi connectivity index (χ3v) is 5.87. The Labute approximate surface area is 166 Å². The van der Waals surface area contributed by atoms with Gasteiger partial charge >= 0.3 is 6.09 Å². The molecule has 2 amide bonds. The first-order valence-corrected chi connectivity index (χ1v) is 10.3. The summed E-state index contributed by atoms with van der Waals surface area (Å²) in [6.07, 6.45) is -0.304. The van der Waals surface area contributed by atoms with Crippen LogP contribution in [0.15, 0.2) is 22.0 Å². The van der Waals surface area contributed by atoms with E-state index in [0.717, 1.165) is 18.0 Å². The summed E-state index contributed by atoms with van der Waals surface area (Å²) in [7, 11) is 0. The van der Waals surface area contributed by atoms with Crippen molar-refractivity contribution in [3.8, 4) is 10.7 Å². The second-order valence-electron chi connectivity index (χ2n) is 6.89. The zero-order chi connectivity index (χ0) is 19.5. The monoisotopic (exact) mass is 405 g/mol. The molecular weight excluding hydrogens is 382 g/mol. The molecular formula is C18H23N5O4S. The van der Waals surface area contributed by atoms with Crippen molar-refractivity contribution in [2.75, 3.05) is 52.4 Å². The lowest BCUT2D eigenvalue weighted by atomic mass is 10.0. The molecule has 0 atom stereocenters. The largest absolute Gasteiger partial charge is 0.450 e. The van der Waals surface area contributed by atoms with Gasteiger partial charge in [0.25, 0.3) is 0 Å². The maximum Gasteiger partial charge on any atom is 0.409 e. The maximum atomic E-state index is 12.5. The molecule has 0 spiro atoms. The van der Waals surface area contributed by atoms with E-state index in [-0.39, 0.29) is 17.9 Å². The van der Waals surface area contributed by atoms with Gasteiger partial charge in [-0.15, -0.1) is 11.3 Å². The average Bonchev–Trinajstić information content (AvgIpc) is 3.36. The minimum Gasteiger partial charge on any atom is -0.450 e. The van der Waals surface area contributed by atoms with E-state index < -0.39 is 0 Å². The number of hydrogen-bond acceptors (Lipinski definition) is 8. The number of hydrogen-bond donors (Lipinski definition) is 0. The summed E-state index contributed by atoms with van der Waals surface area (Å²) in [4.78, 5) is 35.2. The Hall–Kier alpha value is -2.46. The van der Waals surface area contributed by atoms with Crippen LogP contribution in [0.25, 0.3) is 10.7 Å². The van der Waals surface area contributed by atoms with E-state index in [1.54, 1.807) is 23.2 Å². The highest BCUT2D eigenvalue weighted by atomic mass is 32.1. The second kappa shape index (κ2) is 8.27. The van der Waals surface area contributed by atoms with E-state index in [0.29, 0.717) is 51.0 Å². The summed E-state index contributed by atoms with van der Waals surface area (Å²) < 4.78 is 10.4. The highest BCUT2D eigenvalue weighted by Crippen LogP contribution is 2.28. The maximum absolute atomic E-state index is 12.5. The number of amides is 2. The first-order valence-electron chi connectivity index (χ1n) is 9.43. The Morgan fingerprint density at radius 3 is 2.68 bits per heavy atom. The molecule has 2 fully saturated rings. The number of thiophene rings is 1. The molecule has 4 heterocycles. The highest BCUT2D eigenvalue weighted by Gasteiger charge is 2.35. The number of rotatable bonds is 5. The number of carbonyl (C=O) groups is 2. The molecule has 10 heteroatoms. The second-order valence-corrected chi connectivity index (χ2v) is 7.84. The minimum absolute atomic E-state index is 0.0896. The number of ether oxygens (including phenoxy) is 1. The molecule has 0 aliphatic carbocycles. The van der Waals surface area contributed by atoms with Crippen LogP contribution in [-0.2, 0) is 9.53 Å². The number of piperazine rings is 1. The van der Waals surface area contributed by atoms with Crippen LogP contribution in [0.1, 0.15) is 18.7 Å². The standard InChI is InChI=1S/C18H23N5O4S/c1-2-26-18(25)23-7-5-22(6-8-23)15(24)12-21-10-13(11-21)17-19-16(20-27-17)14-4-3-9-28-14/h3-4,9,13H,2,5-8,10-12H2,1H3. The summed E-state index contributed by atoms with van der Waals surface area (Å²) in [5.74, 6) is 1.52. The van der Waals surface area contributed by atoms with Gasteiger partial charge in [-0.1, -0.05) is 11.2 Å². The molecule has 0 aromatic carbocycles. The van der Waals surface area contributed by atoms with Gasteiger partial charge in [-0.2, -0.15) is 4.98 Å². The van der Waals surface area contributed by atoms with Crippen LogP contribution in [0.3, 0.4) is 0 Å². The van der Waals surface area contributed by atoms with Crippen molar-refractivity contribution in [1.82, 2.24) is 24.8 Å². The predicted molar refractivity (Wildman–Crippen MR) is 102 cm³/mol. The lowest BCUT2D eigenvalue weighted by molar-refractivity contribution is -0.135. The van der Waals surface area contributed by atoms with Crippen LogP contribution in [0, 0.1) is 0 Å². The smallest absolute Gasteiger partial charge is 0.409 e. The molecule has 0 bridgehead atoms. The van der Waals surface area contributed by atoms with Gasteiger partial charge in [-0.25, -0.2) is 4.79 Å². The first kappa shape index (κ1) is 18.9. The van der Waals surface area contributed by atoms with Crippen molar-refractivity contribution >= 4 is 23.3 Å². The minimum atomic E-state index is -0.304. The van der Waals surface area contributed by atoms with Gasteiger partial charge in [-0.3, -0.25) is 9.69 Å². The number of carbonyl (C=O) groups excluding carboxylic acids is 2. The molecule has 4 rings (SSSR count). The van der Waals surface area contributed by atoms with Crippen molar-refractivity contribution in [3.05, 3.63) is 23.4 Å². The van der Waals surface area contributed by atoms with Crippen molar-refractivity contribution in [2.24, 2.45) is 0 Å². The fraction of sp³-hybridized carbons (Fsp3) is 0.556. The summed E-state index contributed by atoms with van der Waals surface area (Å²) in [6.45, 7) is 6.12. The zero-order valence-corrected chi connectivity index (χ0v) is 16.6. The van der Waals surface area contributed by atoms with E-state index in [1.807, 2.05) is 22.4 Å². The van der Waals surface area contributed by atoms with Crippen LogP contribution in [0.5, 0.6) is 0 Å². The molecule has 0 radical (unpaired) electrons. The quantitative estimate of drug-likeness (QED) is 0.744. The Kier molecular flexibility index (Phi) is 5.58. The summed E-state index contributed by atoms with van der Waals surface area (Å²) >= 11 is 1.58. The molecule has 28 heavy (non-hydrogen) atoms. The summed E-state index contributed by atoms with van der Waals surface area (Å²) in [5.41, 5.74) is 0. The first-order chi connectivity index (χ1) is 13.6. The van der Waals surface area contributed by atoms with Gasteiger partial charge in [0.1, 0.15) is 0 Å². The summed E-state index contributed by atoms with van der Waals surface area (Å²) in [6, 6.07) is 3.92. The number of likely N-dealkylation sites (tertiary alicyclic amines) is 1. The third kappa shape index (κ3) is 4.02. The molecule has 2 aliphatic heterocycles. The fourth-order valence-corrected chi connectivity index (χ4v) is 4.06. The van der Waals surface area contributed by atoms with Gasteiger partial charge in [0.05, 0.1) is 23.9 Å². The van der Waals surface area contributed by atoms with E-state index in [1.165, 1.54) is 0 Å². The van der Waals surface area contributed by atoms with Crippen LogP contribution in [0.2, 0.25) is 0 Å². The van der Waals surface area contributed by atoms with Crippen LogP contribution in [0.4, 0.5) is 4.79 Å². The molecule has 9 nitrogen and oxygen atoms in total. The Morgan fingerprint density at radius 1 is 1.25 bits per heavy atom. The van der Waals surface area contributed by atoms with Crippen molar-refractivity contribution in [1.29, 1.82) is 0 Å². The van der Waals surface area contributed by atoms with Gasteiger partial charge in [0, 0.05) is 39.3 Å². The lowest BCUT2D eigenvalue weighted by Gasteiger charge is -2.39. The third-order valence-electron chi connectivity index (χ3n) is 5.01. The van der Waals surface area contributed by atoms with E-state index in [9.17, 15) is 9.59 Å². The van der Waals surface area contributed by atoms with Gasteiger partial charge in [0.2, 0.25) is 17.6 Å². The van der Waals surface area contributed by atoms with Gasteiger partial charge in [-0.05, 0) is 18.4 Å². The summed E-state index contributed by atoms with van der Waals surface area (Å²) in [5, 5.41) is 6.02. The average molecular weight is 405 g/mol. The SMILES string of the molecule is CCOC(=O)N1CCN(C(=O)CN2CC(c3nc(-c4cccs4)no3)C2)CC1. The molecule has 2 saturated heterocycles. The molecule has 2 aromatic rings. The Balaban J connectivity index is 1.21. The van der Waals surface area contributed by atoms with E-state index in [2.05, 4.69) is 15.0 Å². The molecule has 0 saturated carbocycles. The zero-order valence-electron chi connectivity index (χ0n) is 15.7. The topological polar surface area (TPSA) is 92.0 Å². The van der Waals surface area contributed by atoms with Crippen molar-refractivity contribution < 1.29 is 18.8 Å². The molecule has 2 aliphatic rings. The highest BCUT2D eigenvalue weighted by molar-refractivity contribution is 7.13. The lowest BCUT2D eigenvalue weighted by Crippen LogP contribution is -2.55. The normalized spacial score (nSPS) is 18.2. The van der Waals surface area contributed by atoms with Crippen molar-refractivity contribution in [2.45, 2.75) is 12.8 Å². The van der Waals surface area contributed by atoms with Crippen molar-refractivity contribution in [3.63, 3.8) is 0 Å². The van der Waals surface area contributed by atoms with Gasteiger partial charge < -0.3 is 19.1 Å². The Bertz CT molecular complexity index is 810. The molecule has 2 aromatic heterocycles. The van der Waals surface area contributed by atoms with E-state index in [4.69, 9.17) is 9.26 Å². The van der Waals surface area contributed by atoms with E-state index >= 15 is 0 Å². The van der Waals surface area contributed by atoms with Crippen LogP contribution >= 0.6 is 11.3 Å². The number of nitrogens with zero attached hydrogens (tertiary/aromatic N) is 5.